The van der Waals surface area contributed by atoms with E-state index >= 15 is 0 Å². The third-order valence-corrected chi connectivity index (χ3v) is 2.65. The van der Waals surface area contributed by atoms with Crippen molar-refractivity contribution in [1.82, 2.24) is 9.97 Å². The first kappa shape index (κ1) is 10.5. The van der Waals surface area contributed by atoms with E-state index in [1.165, 1.54) is 16.7 Å². The van der Waals surface area contributed by atoms with Gasteiger partial charge in [-0.2, -0.15) is 0 Å². The van der Waals surface area contributed by atoms with Gasteiger partial charge in [-0.3, -0.25) is 4.98 Å². The van der Waals surface area contributed by atoms with Crippen LogP contribution in [0, 0.1) is 0 Å². The summed E-state index contributed by atoms with van der Waals surface area (Å²) < 4.78 is 0. The molecule has 2 aromatic rings. The molecule has 2 rings (SSSR count). The zero-order valence-corrected chi connectivity index (χ0v) is 9.02. The summed E-state index contributed by atoms with van der Waals surface area (Å²) >= 11 is 1.30. The molecular weight excluding hydrogens is 224 g/mol. The van der Waals surface area contributed by atoms with Crippen LogP contribution in [0.5, 0.6) is 0 Å². The molecule has 0 spiro atoms. The molecule has 0 aliphatic carbocycles. The van der Waals surface area contributed by atoms with E-state index in [0.29, 0.717) is 5.01 Å². The van der Waals surface area contributed by atoms with Gasteiger partial charge in [0.1, 0.15) is 5.01 Å². The molecule has 0 atom stereocenters. The van der Waals surface area contributed by atoms with Crippen LogP contribution >= 0.6 is 11.3 Å². The quantitative estimate of drug-likeness (QED) is 0.882. The lowest BCUT2D eigenvalue weighted by atomic mass is 10.3. The fraction of sp³-hybridized carbons (Fsp3) is 0. The molecule has 2 aromatic heterocycles. The van der Waals surface area contributed by atoms with Gasteiger partial charge >= 0.3 is 5.97 Å². The number of carboxylic acids is 1. The number of thiazole rings is 1. The van der Waals surface area contributed by atoms with Gasteiger partial charge in [-0.05, 0) is 17.7 Å². The van der Waals surface area contributed by atoms with Gasteiger partial charge in [-0.1, -0.05) is 12.1 Å². The molecule has 0 bridgehead atoms. The van der Waals surface area contributed by atoms with Crippen molar-refractivity contribution in [1.29, 1.82) is 0 Å². The molecule has 80 valence electrons. The third-order valence-electron chi connectivity index (χ3n) is 1.84. The van der Waals surface area contributed by atoms with Gasteiger partial charge in [-0.25, -0.2) is 9.78 Å². The second kappa shape index (κ2) is 4.67. The summed E-state index contributed by atoms with van der Waals surface area (Å²) in [7, 11) is 0. The average molecular weight is 232 g/mol. The molecule has 2 heterocycles. The first-order valence-electron chi connectivity index (χ1n) is 4.52. The fourth-order valence-electron chi connectivity index (χ4n) is 1.10. The minimum Gasteiger partial charge on any atom is -0.476 e. The summed E-state index contributed by atoms with van der Waals surface area (Å²) in [5.41, 5.74) is 1.03. The maximum Gasteiger partial charge on any atom is 0.355 e. The number of aromatic carboxylic acids is 1. The number of pyridine rings is 1. The van der Waals surface area contributed by atoms with Crippen LogP contribution in [-0.2, 0) is 0 Å². The normalized spacial score (nSPS) is 10.8. The Hall–Kier alpha value is -2.01. The van der Waals surface area contributed by atoms with Crippen LogP contribution in [0.4, 0.5) is 0 Å². The second-order valence-electron chi connectivity index (χ2n) is 3.00. The molecular formula is C11H8N2O2S. The van der Waals surface area contributed by atoms with Crippen LogP contribution in [0.3, 0.4) is 0 Å². The van der Waals surface area contributed by atoms with E-state index in [-0.39, 0.29) is 5.69 Å². The largest absolute Gasteiger partial charge is 0.476 e. The topological polar surface area (TPSA) is 63.1 Å². The van der Waals surface area contributed by atoms with Crippen LogP contribution in [-0.4, -0.2) is 21.0 Å². The van der Waals surface area contributed by atoms with E-state index in [4.69, 9.17) is 5.11 Å². The van der Waals surface area contributed by atoms with Crippen molar-refractivity contribution in [2.24, 2.45) is 0 Å². The first-order chi connectivity index (χ1) is 7.75. The highest BCUT2D eigenvalue weighted by Crippen LogP contribution is 2.13. The zero-order chi connectivity index (χ0) is 11.4. The van der Waals surface area contributed by atoms with Crippen molar-refractivity contribution in [3.63, 3.8) is 0 Å². The van der Waals surface area contributed by atoms with Gasteiger partial charge in [0.25, 0.3) is 0 Å². The summed E-state index contributed by atoms with van der Waals surface area (Å²) in [6.45, 7) is 0. The Morgan fingerprint density at radius 1 is 1.44 bits per heavy atom. The minimum absolute atomic E-state index is 0.0795. The van der Waals surface area contributed by atoms with Crippen molar-refractivity contribution >= 4 is 29.5 Å². The summed E-state index contributed by atoms with van der Waals surface area (Å²) in [5, 5.41) is 10.9. The molecule has 16 heavy (non-hydrogen) atoms. The van der Waals surface area contributed by atoms with Crippen molar-refractivity contribution in [2.75, 3.05) is 0 Å². The maximum absolute atomic E-state index is 10.6. The highest BCUT2D eigenvalue weighted by Gasteiger charge is 2.06. The third kappa shape index (κ3) is 2.52. The van der Waals surface area contributed by atoms with Crippen LogP contribution in [0.15, 0.2) is 29.9 Å². The number of rotatable bonds is 3. The molecule has 0 aromatic carbocycles. The van der Waals surface area contributed by atoms with Gasteiger partial charge < -0.3 is 5.11 Å². The van der Waals surface area contributed by atoms with Gasteiger partial charge in [-0.15, -0.1) is 11.3 Å². The molecule has 4 nitrogen and oxygen atoms in total. The SMILES string of the molecule is O=C(O)c1csc(C=Cc2cccnc2)n1. The molecule has 0 aliphatic rings. The van der Waals surface area contributed by atoms with Crippen LogP contribution < -0.4 is 0 Å². The molecule has 0 radical (unpaired) electrons. The number of carboxylic acid groups (broad SMARTS) is 1. The van der Waals surface area contributed by atoms with E-state index in [1.54, 1.807) is 18.5 Å². The Labute approximate surface area is 95.9 Å². The number of hydrogen-bond acceptors (Lipinski definition) is 4. The second-order valence-corrected chi connectivity index (χ2v) is 3.89. The monoisotopic (exact) mass is 232 g/mol. The Balaban J connectivity index is 2.15. The van der Waals surface area contributed by atoms with Crippen molar-refractivity contribution in [3.05, 3.63) is 46.2 Å². The molecule has 0 aliphatic heterocycles. The van der Waals surface area contributed by atoms with Gasteiger partial charge in [0.2, 0.25) is 0 Å². The Kier molecular flexibility index (Phi) is 3.07. The predicted molar refractivity (Wildman–Crippen MR) is 62.2 cm³/mol. The molecule has 1 N–H and O–H groups in total. The van der Waals surface area contributed by atoms with Gasteiger partial charge in [0.05, 0.1) is 0 Å². The highest BCUT2D eigenvalue weighted by atomic mass is 32.1. The van der Waals surface area contributed by atoms with E-state index in [0.717, 1.165) is 5.56 Å². The summed E-state index contributed by atoms with van der Waals surface area (Å²) in [6, 6.07) is 3.75. The van der Waals surface area contributed by atoms with E-state index < -0.39 is 5.97 Å². The number of hydrogen-bond donors (Lipinski definition) is 1. The predicted octanol–water partition coefficient (Wildman–Crippen LogP) is 2.41. The maximum atomic E-state index is 10.6. The summed E-state index contributed by atoms with van der Waals surface area (Å²) in [5.74, 6) is -1.00. The molecule has 0 saturated heterocycles. The molecule has 0 fully saturated rings. The van der Waals surface area contributed by atoms with Crippen molar-refractivity contribution in [2.45, 2.75) is 0 Å². The zero-order valence-electron chi connectivity index (χ0n) is 8.20. The molecule has 5 heteroatoms. The Bertz CT molecular complexity index is 520. The highest BCUT2D eigenvalue weighted by molar-refractivity contribution is 7.10. The van der Waals surface area contributed by atoms with Crippen LogP contribution in [0.2, 0.25) is 0 Å². The lowest BCUT2D eigenvalue weighted by Gasteiger charge is -1.88. The van der Waals surface area contributed by atoms with Gasteiger partial charge in [0, 0.05) is 17.8 Å². The van der Waals surface area contributed by atoms with Crippen molar-refractivity contribution < 1.29 is 9.90 Å². The smallest absolute Gasteiger partial charge is 0.355 e. The van der Waals surface area contributed by atoms with Crippen molar-refractivity contribution in [3.8, 4) is 0 Å². The average Bonchev–Trinajstić information content (AvgIpc) is 2.76. The van der Waals surface area contributed by atoms with E-state index in [1.807, 2.05) is 18.2 Å². The minimum atomic E-state index is -1.00. The van der Waals surface area contributed by atoms with E-state index in [9.17, 15) is 4.79 Å². The fourth-order valence-corrected chi connectivity index (χ4v) is 1.79. The standard InChI is InChI=1S/C11H8N2O2S/c14-11(15)9-7-16-10(13-9)4-3-8-2-1-5-12-6-8/h1-7H,(H,14,15). The summed E-state index contributed by atoms with van der Waals surface area (Å²) in [4.78, 5) is 18.5. The lowest BCUT2D eigenvalue weighted by molar-refractivity contribution is 0.0691. The molecule has 0 unspecified atom stereocenters. The number of nitrogens with zero attached hydrogens (tertiary/aromatic N) is 2. The lowest BCUT2D eigenvalue weighted by Crippen LogP contribution is -1.95. The van der Waals surface area contributed by atoms with Gasteiger partial charge in [0.15, 0.2) is 5.69 Å². The van der Waals surface area contributed by atoms with E-state index in [2.05, 4.69) is 9.97 Å². The molecule has 0 amide bonds. The van der Waals surface area contributed by atoms with Crippen LogP contribution in [0.1, 0.15) is 21.1 Å². The van der Waals surface area contributed by atoms with Crippen LogP contribution in [0.25, 0.3) is 12.2 Å². The summed E-state index contributed by atoms with van der Waals surface area (Å²) in [6.07, 6.45) is 7.04. The number of aromatic nitrogens is 2. The first-order valence-corrected chi connectivity index (χ1v) is 5.40. The Morgan fingerprint density at radius 2 is 2.31 bits per heavy atom. The molecule has 0 saturated carbocycles. The Morgan fingerprint density at radius 3 is 2.94 bits per heavy atom. The number of carbonyl (C=O) groups is 1.